The number of hydrogen-bond acceptors (Lipinski definition) is 9. The van der Waals surface area contributed by atoms with Crippen molar-refractivity contribution in [2.24, 2.45) is 11.3 Å². The molecule has 2 N–H and O–H groups in total. The van der Waals surface area contributed by atoms with Gasteiger partial charge in [0.05, 0.1) is 41.5 Å². The van der Waals surface area contributed by atoms with Gasteiger partial charge in [-0.3, -0.25) is 15.0 Å². The van der Waals surface area contributed by atoms with Gasteiger partial charge in [-0.2, -0.15) is 15.1 Å². The fourth-order valence-corrected chi connectivity index (χ4v) is 10.4. The molecule has 9 heterocycles. The lowest BCUT2D eigenvalue weighted by molar-refractivity contribution is -0.168. The topological polar surface area (TPSA) is 113 Å². The molecule has 48 heavy (non-hydrogen) atoms. The average molecular weight is 658 g/mol. The first-order valence-corrected chi connectivity index (χ1v) is 17.6. The van der Waals surface area contributed by atoms with Crippen LogP contribution in [0.4, 0.5) is 14.6 Å². The molecular weight excluding hydrogens is 616 g/mol. The van der Waals surface area contributed by atoms with Crippen LogP contribution < -0.4 is 9.64 Å². The molecule has 252 valence electrons. The van der Waals surface area contributed by atoms with Crippen molar-refractivity contribution in [2.45, 2.75) is 81.5 Å². The van der Waals surface area contributed by atoms with Gasteiger partial charge in [0.1, 0.15) is 29.8 Å². The van der Waals surface area contributed by atoms with Crippen LogP contribution in [-0.2, 0) is 4.74 Å². The Hall–Kier alpha value is -3.48. The van der Waals surface area contributed by atoms with Crippen LogP contribution in [0.1, 0.15) is 68.4 Å². The van der Waals surface area contributed by atoms with Crippen molar-refractivity contribution in [1.82, 2.24) is 30.0 Å². The average Bonchev–Trinajstić information content (AvgIpc) is 3.31. The third kappa shape index (κ3) is 4.44. The van der Waals surface area contributed by atoms with Crippen molar-refractivity contribution < 1.29 is 23.4 Å². The molecule has 0 amide bonds. The predicted octanol–water partition coefficient (Wildman–Crippen LogP) is 5.22. The number of pyridine rings is 1. The van der Waals surface area contributed by atoms with Gasteiger partial charge in [0.2, 0.25) is 0 Å². The first-order chi connectivity index (χ1) is 23.2. The zero-order valence-electron chi connectivity index (χ0n) is 27.3. The molecule has 5 fully saturated rings. The first-order valence-electron chi connectivity index (χ1n) is 17.6. The highest BCUT2D eigenvalue weighted by Gasteiger charge is 2.56. The maximum absolute atomic E-state index is 17.3. The molecule has 2 aliphatic carbocycles. The van der Waals surface area contributed by atoms with E-state index in [0.29, 0.717) is 56.8 Å². The third-order valence-corrected chi connectivity index (χ3v) is 12.5. The fraction of sp³-hybridized carbons (Fsp3) is 0.611. The van der Waals surface area contributed by atoms with E-state index in [-0.39, 0.29) is 46.6 Å². The number of aromatic nitrogens is 5. The van der Waals surface area contributed by atoms with E-state index in [2.05, 4.69) is 33.0 Å². The number of ether oxygens (including phenoxy) is 2. The Bertz CT molecular complexity index is 1960. The summed E-state index contributed by atoms with van der Waals surface area (Å²) in [6.45, 7) is 5.91. The number of aryl methyl sites for hydroxylation is 1. The third-order valence-electron chi connectivity index (χ3n) is 12.5. The lowest BCUT2D eigenvalue weighted by Crippen LogP contribution is -2.60. The number of rotatable bonds is 3. The molecule has 6 aliphatic heterocycles. The Morgan fingerprint density at radius 3 is 2.92 bits per heavy atom. The van der Waals surface area contributed by atoms with E-state index in [1.165, 1.54) is 0 Å². The Morgan fingerprint density at radius 1 is 1.15 bits per heavy atom. The monoisotopic (exact) mass is 657 g/mol. The summed E-state index contributed by atoms with van der Waals surface area (Å²) in [4.78, 5) is 18.9. The van der Waals surface area contributed by atoms with Crippen molar-refractivity contribution in [3.05, 3.63) is 35.4 Å². The van der Waals surface area contributed by atoms with Gasteiger partial charge in [-0.25, -0.2) is 8.78 Å². The molecular formula is C36H41F2N7O3. The molecule has 10 nitrogen and oxygen atoms in total. The van der Waals surface area contributed by atoms with Crippen molar-refractivity contribution in [3.63, 3.8) is 0 Å². The largest absolute Gasteiger partial charge is 0.461 e. The molecule has 4 atom stereocenters. The highest BCUT2D eigenvalue weighted by molar-refractivity contribution is 6.00. The summed E-state index contributed by atoms with van der Waals surface area (Å²) in [6, 6.07) is 2.18. The van der Waals surface area contributed by atoms with Crippen molar-refractivity contribution in [1.29, 1.82) is 0 Å². The number of benzene rings is 1. The lowest BCUT2D eigenvalue weighted by Gasteiger charge is -2.57. The van der Waals surface area contributed by atoms with Crippen LogP contribution in [0.25, 0.3) is 33.1 Å². The predicted molar refractivity (Wildman–Crippen MR) is 175 cm³/mol. The molecule has 0 radical (unpaired) electrons. The quantitative estimate of drug-likeness (QED) is 0.307. The number of aromatic amines is 1. The zero-order valence-corrected chi connectivity index (χ0v) is 27.3. The van der Waals surface area contributed by atoms with Gasteiger partial charge in [0.15, 0.2) is 5.82 Å². The van der Waals surface area contributed by atoms with Crippen molar-refractivity contribution >= 4 is 27.6 Å². The summed E-state index contributed by atoms with van der Waals surface area (Å²) < 4.78 is 44.5. The molecule has 4 aromatic rings. The van der Waals surface area contributed by atoms with Gasteiger partial charge in [0, 0.05) is 43.2 Å². The number of nitrogens with zero attached hydrogens (tertiary/aromatic N) is 6. The maximum atomic E-state index is 17.3. The van der Waals surface area contributed by atoms with Crippen molar-refractivity contribution in [3.8, 4) is 17.3 Å². The minimum Gasteiger partial charge on any atom is -0.461 e. The Balaban J connectivity index is 1.14. The molecule has 1 aromatic carbocycles. The van der Waals surface area contributed by atoms with Crippen LogP contribution >= 0.6 is 0 Å². The summed E-state index contributed by atoms with van der Waals surface area (Å²) >= 11 is 0. The summed E-state index contributed by atoms with van der Waals surface area (Å²) in [5.74, 6) is 0.539. The van der Waals surface area contributed by atoms with E-state index in [4.69, 9.17) is 24.4 Å². The van der Waals surface area contributed by atoms with E-state index < -0.39 is 17.6 Å². The second-order valence-corrected chi connectivity index (χ2v) is 15.9. The maximum Gasteiger partial charge on any atom is 0.319 e. The molecule has 1 spiro atoms. The summed E-state index contributed by atoms with van der Waals surface area (Å²) in [7, 11) is 0. The number of aliphatic hydroxyl groups is 1. The van der Waals surface area contributed by atoms with Crippen LogP contribution in [0.15, 0.2) is 18.5 Å². The normalized spacial score (nSPS) is 34.2. The van der Waals surface area contributed by atoms with Crippen LogP contribution in [0.5, 0.6) is 6.01 Å². The minimum atomic E-state index is -0.880. The summed E-state index contributed by atoms with van der Waals surface area (Å²) in [6.07, 6.45) is 9.06. The van der Waals surface area contributed by atoms with E-state index in [1.807, 2.05) is 0 Å². The zero-order chi connectivity index (χ0) is 32.4. The van der Waals surface area contributed by atoms with Gasteiger partial charge < -0.3 is 19.5 Å². The highest BCUT2D eigenvalue weighted by Crippen LogP contribution is 2.56. The first kappa shape index (κ1) is 29.4. The standard InChI is InChI=1S/C36H41F2N7O3/c1-20-8-26-24(12-40-43-26)28-27(20)23-9-21(23)14-47-19-36(46)15-34(16-36)4-2-6-44(17-34)32-25-11-39-31(28)29(38)30(25)41-33(42-32)48-18-35-5-3-7-45(35)13-22(37)10-35/h8,11-12,21-23,46H,2-7,9-10,13-19H2,1H3,(H,40,43)/t21-,22+,23-,34?,35-,36?/m0/s1. The van der Waals surface area contributed by atoms with Crippen LogP contribution in [0.3, 0.4) is 0 Å². The highest BCUT2D eigenvalue weighted by atomic mass is 19.1. The molecule has 12 rings (SSSR count). The second kappa shape index (κ2) is 10.3. The molecule has 7 bridgehead atoms. The number of H-pyrrole nitrogens is 1. The van der Waals surface area contributed by atoms with Gasteiger partial charge >= 0.3 is 6.01 Å². The summed E-state index contributed by atoms with van der Waals surface area (Å²) in [5, 5.41) is 20.2. The Morgan fingerprint density at radius 2 is 2.02 bits per heavy atom. The fourth-order valence-electron chi connectivity index (χ4n) is 10.4. The second-order valence-electron chi connectivity index (χ2n) is 15.9. The van der Waals surface area contributed by atoms with Crippen LogP contribution in [0, 0.1) is 24.1 Å². The minimum absolute atomic E-state index is 0.0693. The van der Waals surface area contributed by atoms with Crippen LogP contribution in [0.2, 0.25) is 0 Å². The number of piperidine rings is 1. The SMILES string of the molecule is Cc1cc2[nH]ncc2c2c1[C@H]1C[C@H]1COCC1(O)CC3(CCCN(C3)c3nc(OC[C@@]45CCCN4C[C@H](F)C5)nc4c(F)c-2ncc34)C1. The van der Waals surface area contributed by atoms with Gasteiger partial charge in [0.25, 0.3) is 0 Å². The number of halogens is 2. The lowest BCUT2D eigenvalue weighted by atomic mass is 9.56. The Labute approximate surface area is 277 Å². The summed E-state index contributed by atoms with van der Waals surface area (Å²) in [5.41, 5.74) is 2.77. The molecule has 2 saturated carbocycles. The number of fused-ring (bicyclic) bond motifs is 2. The Kier molecular flexibility index (Phi) is 6.30. The van der Waals surface area contributed by atoms with Gasteiger partial charge in [-0.05, 0) is 92.9 Å². The van der Waals surface area contributed by atoms with Crippen LogP contribution in [-0.4, -0.2) is 98.5 Å². The van der Waals surface area contributed by atoms with E-state index in [0.717, 1.165) is 72.8 Å². The molecule has 8 aliphatic rings. The van der Waals surface area contributed by atoms with Crippen molar-refractivity contribution in [2.75, 3.05) is 50.9 Å². The van der Waals surface area contributed by atoms with E-state index in [9.17, 15) is 9.50 Å². The number of alkyl halides is 1. The molecule has 3 saturated heterocycles. The smallest absolute Gasteiger partial charge is 0.319 e. The van der Waals surface area contributed by atoms with E-state index >= 15 is 4.39 Å². The van der Waals surface area contributed by atoms with Gasteiger partial charge in [-0.1, -0.05) is 0 Å². The van der Waals surface area contributed by atoms with Gasteiger partial charge in [-0.15, -0.1) is 0 Å². The number of nitrogens with one attached hydrogen (secondary N) is 1. The molecule has 0 unspecified atom stereocenters. The van der Waals surface area contributed by atoms with E-state index in [1.54, 1.807) is 12.4 Å². The number of hydrogen-bond donors (Lipinski definition) is 2. The molecule has 3 aromatic heterocycles. The number of anilines is 1. The molecule has 12 heteroatoms.